The highest BCUT2D eigenvalue weighted by molar-refractivity contribution is 5.78. The molecule has 0 aliphatic rings. The van der Waals surface area contributed by atoms with E-state index < -0.39 is 11.6 Å². The van der Waals surface area contributed by atoms with Crippen LogP contribution in [0.1, 0.15) is 0 Å². The Morgan fingerprint density at radius 1 is 1.19 bits per heavy atom. The van der Waals surface area contributed by atoms with Crippen LogP contribution in [0.2, 0.25) is 0 Å². The normalized spacial score (nSPS) is 10.7. The number of halogens is 1. The SMILES string of the molecule is COc1cccc(Nc2nccc(Nc3ccc4oc(=O)[nH]c4c3)n2)c1F. The zero-order valence-electron chi connectivity index (χ0n) is 14.1. The summed E-state index contributed by atoms with van der Waals surface area (Å²) in [6, 6.07) is 11.5. The Hall–Kier alpha value is -3.88. The minimum absolute atomic E-state index is 0.122. The number of rotatable bonds is 5. The Balaban J connectivity index is 1.57. The first-order valence-electron chi connectivity index (χ1n) is 7.95. The van der Waals surface area contributed by atoms with Gasteiger partial charge in [-0.25, -0.2) is 14.2 Å². The van der Waals surface area contributed by atoms with Crippen molar-refractivity contribution in [3.8, 4) is 5.75 Å². The highest BCUT2D eigenvalue weighted by Crippen LogP contribution is 2.26. The molecule has 4 rings (SSSR count). The number of ether oxygens (including phenoxy) is 1. The first-order chi connectivity index (χ1) is 13.1. The van der Waals surface area contributed by atoms with E-state index in [-0.39, 0.29) is 17.4 Å². The van der Waals surface area contributed by atoms with Crippen LogP contribution in [0.25, 0.3) is 11.1 Å². The predicted molar refractivity (Wildman–Crippen MR) is 98.4 cm³/mol. The van der Waals surface area contributed by atoms with Gasteiger partial charge in [-0.2, -0.15) is 4.98 Å². The average Bonchev–Trinajstić information content (AvgIpc) is 3.03. The van der Waals surface area contributed by atoms with Crippen molar-refractivity contribution in [1.82, 2.24) is 15.0 Å². The first kappa shape index (κ1) is 16.6. The van der Waals surface area contributed by atoms with Gasteiger partial charge in [0.05, 0.1) is 18.3 Å². The zero-order valence-corrected chi connectivity index (χ0v) is 14.1. The van der Waals surface area contributed by atoms with Crippen LogP contribution in [0.4, 0.5) is 27.5 Å². The van der Waals surface area contributed by atoms with Crippen molar-refractivity contribution < 1.29 is 13.5 Å². The van der Waals surface area contributed by atoms with E-state index in [4.69, 9.17) is 9.15 Å². The second-order valence-electron chi connectivity index (χ2n) is 5.56. The fraction of sp³-hybridized carbons (Fsp3) is 0.0556. The Morgan fingerprint density at radius 3 is 2.93 bits per heavy atom. The summed E-state index contributed by atoms with van der Waals surface area (Å²) >= 11 is 0. The average molecular weight is 367 g/mol. The third-order valence-electron chi connectivity index (χ3n) is 3.78. The molecule has 0 spiro atoms. The lowest BCUT2D eigenvalue weighted by Crippen LogP contribution is -2.02. The van der Waals surface area contributed by atoms with E-state index in [1.165, 1.54) is 19.4 Å². The number of benzene rings is 2. The van der Waals surface area contributed by atoms with Crippen LogP contribution in [0, 0.1) is 5.82 Å². The molecular weight excluding hydrogens is 353 g/mol. The molecule has 0 saturated carbocycles. The Labute approximate surface area is 152 Å². The molecule has 27 heavy (non-hydrogen) atoms. The van der Waals surface area contributed by atoms with Crippen molar-refractivity contribution in [1.29, 1.82) is 0 Å². The molecule has 8 nitrogen and oxygen atoms in total. The maximum Gasteiger partial charge on any atom is 0.417 e. The number of nitrogens with one attached hydrogen (secondary N) is 3. The highest BCUT2D eigenvalue weighted by Gasteiger charge is 2.10. The number of aromatic amines is 1. The van der Waals surface area contributed by atoms with E-state index in [0.717, 1.165) is 0 Å². The first-order valence-corrected chi connectivity index (χ1v) is 7.95. The second-order valence-corrected chi connectivity index (χ2v) is 5.56. The van der Waals surface area contributed by atoms with Crippen LogP contribution in [0.15, 0.2) is 57.9 Å². The molecule has 0 fully saturated rings. The molecule has 0 unspecified atom stereocenters. The lowest BCUT2D eigenvalue weighted by molar-refractivity contribution is 0.387. The molecule has 0 radical (unpaired) electrons. The van der Waals surface area contributed by atoms with Crippen LogP contribution in [-0.4, -0.2) is 22.1 Å². The maximum atomic E-state index is 14.3. The summed E-state index contributed by atoms with van der Waals surface area (Å²) in [6.45, 7) is 0. The molecule has 0 atom stereocenters. The van der Waals surface area contributed by atoms with Gasteiger partial charge >= 0.3 is 5.76 Å². The van der Waals surface area contributed by atoms with E-state index in [2.05, 4.69) is 25.6 Å². The summed E-state index contributed by atoms with van der Waals surface area (Å²) in [5, 5.41) is 5.92. The van der Waals surface area contributed by atoms with E-state index >= 15 is 0 Å². The molecule has 2 aromatic heterocycles. The summed E-state index contributed by atoms with van der Waals surface area (Å²) in [4.78, 5) is 22.2. The van der Waals surface area contributed by atoms with E-state index in [1.54, 1.807) is 36.4 Å². The number of hydrogen-bond acceptors (Lipinski definition) is 7. The van der Waals surface area contributed by atoms with Crippen LogP contribution < -0.4 is 21.1 Å². The largest absolute Gasteiger partial charge is 0.494 e. The molecule has 2 aromatic carbocycles. The molecule has 0 aliphatic carbocycles. The van der Waals surface area contributed by atoms with Crippen molar-refractivity contribution in [3.63, 3.8) is 0 Å². The Morgan fingerprint density at radius 2 is 2.07 bits per heavy atom. The van der Waals surface area contributed by atoms with Crippen molar-refractivity contribution >= 4 is 34.2 Å². The summed E-state index contributed by atoms with van der Waals surface area (Å²) in [5.41, 5.74) is 1.92. The van der Waals surface area contributed by atoms with E-state index in [0.29, 0.717) is 22.6 Å². The van der Waals surface area contributed by atoms with Gasteiger partial charge in [-0.1, -0.05) is 6.07 Å². The summed E-state index contributed by atoms with van der Waals surface area (Å²) in [6.07, 6.45) is 1.54. The minimum Gasteiger partial charge on any atom is -0.494 e. The third kappa shape index (κ3) is 3.43. The molecule has 0 saturated heterocycles. The lowest BCUT2D eigenvalue weighted by atomic mass is 10.3. The number of nitrogens with zero attached hydrogens (tertiary/aromatic N) is 2. The smallest absolute Gasteiger partial charge is 0.417 e. The Bertz CT molecular complexity index is 1170. The molecule has 2 heterocycles. The van der Waals surface area contributed by atoms with Crippen LogP contribution in [0.3, 0.4) is 0 Å². The quantitative estimate of drug-likeness (QED) is 0.495. The van der Waals surface area contributed by atoms with Gasteiger partial charge in [0.1, 0.15) is 5.82 Å². The van der Waals surface area contributed by atoms with Crippen LogP contribution in [-0.2, 0) is 0 Å². The number of H-pyrrole nitrogens is 1. The number of fused-ring (bicyclic) bond motifs is 1. The fourth-order valence-corrected chi connectivity index (χ4v) is 2.55. The zero-order chi connectivity index (χ0) is 18.8. The fourth-order valence-electron chi connectivity index (χ4n) is 2.55. The lowest BCUT2D eigenvalue weighted by Gasteiger charge is -2.10. The maximum absolute atomic E-state index is 14.3. The molecule has 0 aliphatic heterocycles. The molecule has 9 heteroatoms. The number of oxazole rings is 1. The van der Waals surface area contributed by atoms with Gasteiger partial charge < -0.3 is 19.8 Å². The van der Waals surface area contributed by atoms with Gasteiger partial charge in [0.25, 0.3) is 0 Å². The molecule has 4 aromatic rings. The number of hydrogen-bond donors (Lipinski definition) is 3. The number of anilines is 4. The van der Waals surface area contributed by atoms with Gasteiger partial charge in [-0.3, -0.25) is 4.98 Å². The number of methoxy groups -OCH3 is 1. The summed E-state index contributed by atoms with van der Waals surface area (Å²) in [5.74, 6) is -0.227. The van der Waals surface area contributed by atoms with Gasteiger partial charge in [0, 0.05) is 11.9 Å². The minimum atomic E-state index is -0.531. The summed E-state index contributed by atoms with van der Waals surface area (Å²) < 4.78 is 24.2. The van der Waals surface area contributed by atoms with Crippen LogP contribution in [0.5, 0.6) is 5.75 Å². The topological polar surface area (TPSA) is 105 Å². The van der Waals surface area contributed by atoms with Gasteiger partial charge in [0.15, 0.2) is 17.1 Å². The van der Waals surface area contributed by atoms with Crippen molar-refractivity contribution in [3.05, 3.63) is 65.0 Å². The molecule has 0 amide bonds. The summed E-state index contributed by atoms with van der Waals surface area (Å²) in [7, 11) is 1.40. The van der Waals surface area contributed by atoms with E-state index in [1.807, 2.05) is 0 Å². The third-order valence-corrected chi connectivity index (χ3v) is 3.78. The standard InChI is InChI=1S/C18H14FN5O3/c1-26-14-4-2-3-11(16(14)19)22-17-20-8-7-15(24-17)21-10-5-6-13-12(9-10)23-18(25)27-13/h2-9H,1H3,(H,23,25)(H2,20,21,22,24). The Kier molecular flexibility index (Phi) is 4.17. The van der Waals surface area contributed by atoms with Crippen molar-refractivity contribution in [2.24, 2.45) is 0 Å². The van der Waals surface area contributed by atoms with E-state index in [9.17, 15) is 9.18 Å². The molecule has 136 valence electrons. The number of aromatic nitrogens is 3. The molecule has 3 N–H and O–H groups in total. The van der Waals surface area contributed by atoms with Crippen molar-refractivity contribution in [2.45, 2.75) is 0 Å². The predicted octanol–water partition coefficient (Wildman–Crippen LogP) is 3.55. The molecule has 0 bridgehead atoms. The van der Waals surface area contributed by atoms with Gasteiger partial charge in [-0.15, -0.1) is 0 Å². The van der Waals surface area contributed by atoms with Crippen LogP contribution >= 0.6 is 0 Å². The highest BCUT2D eigenvalue weighted by atomic mass is 19.1. The molecular formula is C18H14FN5O3. The van der Waals surface area contributed by atoms with Crippen molar-refractivity contribution in [2.75, 3.05) is 17.7 Å². The monoisotopic (exact) mass is 367 g/mol. The van der Waals surface area contributed by atoms with Gasteiger partial charge in [-0.05, 0) is 36.4 Å². The second kappa shape index (κ2) is 6.79. The van der Waals surface area contributed by atoms with Gasteiger partial charge in [0.2, 0.25) is 5.95 Å².